The lowest BCUT2D eigenvalue weighted by Gasteiger charge is -2.07. The van der Waals surface area contributed by atoms with Gasteiger partial charge in [0.25, 0.3) is 0 Å². The van der Waals surface area contributed by atoms with Crippen molar-refractivity contribution in [3.63, 3.8) is 0 Å². The van der Waals surface area contributed by atoms with E-state index in [-0.39, 0.29) is 6.42 Å². The van der Waals surface area contributed by atoms with Crippen LogP contribution in [0.5, 0.6) is 0 Å². The predicted octanol–water partition coefficient (Wildman–Crippen LogP) is 1.97. The van der Waals surface area contributed by atoms with E-state index in [4.69, 9.17) is 5.11 Å². The molecule has 0 bridgehead atoms. The zero-order valence-corrected chi connectivity index (χ0v) is 10.6. The fourth-order valence-corrected chi connectivity index (χ4v) is 1.40. The highest BCUT2D eigenvalue weighted by molar-refractivity contribution is 5.66. The van der Waals surface area contributed by atoms with E-state index in [1.165, 1.54) is 6.33 Å². The van der Waals surface area contributed by atoms with Crippen molar-refractivity contribution in [1.82, 2.24) is 9.97 Å². The number of rotatable bonds is 9. The minimum absolute atomic E-state index is 0.166. The number of nitrogens with one attached hydrogen (secondary N) is 2. The molecule has 0 unspecified atom stereocenters. The van der Waals surface area contributed by atoms with Crippen molar-refractivity contribution in [1.29, 1.82) is 0 Å². The maximum Gasteiger partial charge on any atom is 0.303 e. The van der Waals surface area contributed by atoms with Gasteiger partial charge in [0.05, 0.1) is 0 Å². The Morgan fingerprint density at radius 2 is 1.83 bits per heavy atom. The Morgan fingerprint density at radius 1 is 1.22 bits per heavy atom. The van der Waals surface area contributed by atoms with E-state index < -0.39 is 5.97 Å². The Morgan fingerprint density at radius 3 is 2.39 bits per heavy atom. The van der Waals surface area contributed by atoms with Gasteiger partial charge >= 0.3 is 5.97 Å². The molecule has 0 radical (unpaired) electrons. The molecule has 0 saturated heterocycles. The summed E-state index contributed by atoms with van der Waals surface area (Å²) in [7, 11) is 0. The van der Waals surface area contributed by atoms with Crippen LogP contribution in [0.2, 0.25) is 0 Å². The Labute approximate surface area is 107 Å². The summed E-state index contributed by atoms with van der Waals surface area (Å²) >= 11 is 0. The number of carbonyl (C=O) groups is 1. The Balaban J connectivity index is 2.32. The lowest BCUT2D eigenvalue weighted by molar-refractivity contribution is -0.137. The lowest BCUT2D eigenvalue weighted by atomic mass is 10.3. The van der Waals surface area contributed by atoms with E-state index in [1.54, 1.807) is 0 Å². The number of carboxylic acids is 1. The van der Waals surface area contributed by atoms with Gasteiger partial charge in [0, 0.05) is 25.6 Å². The van der Waals surface area contributed by atoms with Crippen molar-refractivity contribution in [2.45, 2.75) is 32.6 Å². The van der Waals surface area contributed by atoms with Gasteiger partial charge in [-0.15, -0.1) is 0 Å². The molecule has 0 spiro atoms. The van der Waals surface area contributed by atoms with Crippen molar-refractivity contribution in [2.75, 3.05) is 23.7 Å². The van der Waals surface area contributed by atoms with Crippen molar-refractivity contribution in [3.8, 4) is 0 Å². The summed E-state index contributed by atoms with van der Waals surface area (Å²) in [6, 6.07) is 1.83. The molecule has 6 nitrogen and oxygen atoms in total. The van der Waals surface area contributed by atoms with E-state index in [0.717, 1.165) is 31.0 Å². The highest BCUT2D eigenvalue weighted by Gasteiger charge is 1.99. The van der Waals surface area contributed by atoms with E-state index in [0.29, 0.717) is 13.0 Å². The summed E-state index contributed by atoms with van der Waals surface area (Å²) < 4.78 is 0. The third kappa shape index (κ3) is 6.03. The van der Waals surface area contributed by atoms with Gasteiger partial charge in [-0.2, -0.15) is 0 Å². The van der Waals surface area contributed by atoms with Crippen LogP contribution in [-0.4, -0.2) is 34.1 Å². The molecule has 0 aliphatic rings. The van der Waals surface area contributed by atoms with E-state index in [2.05, 4.69) is 27.5 Å². The topological polar surface area (TPSA) is 87.1 Å². The Bertz CT molecular complexity index is 371. The van der Waals surface area contributed by atoms with Crippen LogP contribution >= 0.6 is 0 Å². The summed E-state index contributed by atoms with van der Waals surface area (Å²) in [6.45, 7) is 3.63. The highest BCUT2D eigenvalue weighted by atomic mass is 16.4. The van der Waals surface area contributed by atoms with Gasteiger partial charge in [-0.25, -0.2) is 9.97 Å². The molecule has 0 saturated carbocycles. The number of anilines is 2. The van der Waals surface area contributed by atoms with Crippen LogP contribution in [0.3, 0.4) is 0 Å². The van der Waals surface area contributed by atoms with Gasteiger partial charge in [0.2, 0.25) is 0 Å². The molecular formula is C12H20N4O2. The van der Waals surface area contributed by atoms with Crippen LogP contribution in [-0.2, 0) is 4.79 Å². The number of hydrogen-bond donors (Lipinski definition) is 3. The SMILES string of the molecule is CCCCNc1cc(NCCCC(=O)O)ncn1. The van der Waals surface area contributed by atoms with Gasteiger partial charge in [0.15, 0.2) is 0 Å². The average molecular weight is 252 g/mol. The molecule has 3 N–H and O–H groups in total. The molecule has 1 aromatic heterocycles. The van der Waals surface area contributed by atoms with Crippen LogP contribution < -0.4 is 10.6 Å². The Hall–Kier alpha value is -1.85. The first-order valence-electron chi connectivity index (χ1n) is 6.24. The number of aliphatic carboxylic acids is 1. The molecule has 0 aromatic carbocycles. The largest absolute Gasteiger partial charge is 0.481 e. The minimum Gasteiger partial charge on any atom is -0.481 e. The third-order valence-corrected chi connectivity index (χ3v) is 2.38. The molecule has 1 rings (SSSR count). The van der Waals surface area contributed by atoms with E-state index >= 15 is 0 Å². The van der Waals surface area contributed by atoms with Crippen LogP contribution in [0.4, 0.5) is 11.6 Å². The van der Waals surface area contributed by atoms with Crippen LogP contribution in [0, 0.1) is 0 Å². The molecule has 1 heterocycles. The predicted molar refractivity (Wildman–Crippen MR) is 70.8 cm³/mol. The number of unbranched alkanes of at least 4 members (excludes halogenated alkanes) is 1. The minimum atomic E-state index is -0.776. The first-order valence-corrected chi connectivity index (χ1v) is 6.24. The maximum absolute atomic E-state index is 10.3. The fraction of sp³-hybridized carbons (Fsp3) is 0.583. The standard InChI is InChI=1S/C12H20N4O2/c1-2-3-6-13-10-8-11(16-9-15-10)14-7-4-5-12(17)18/h8-9H,2-7H2,1H3,(H,17,18)(H2,13,14,15,16). The number of carboxylic acid groups (broad SMARTS) is 1. The monoisotopic (exact) mass is 252 g/mol. The van der Waals surface area contributed by atoms with Crippen molar-refractivity contribution < 1.29 is 9.90 Å². The average Bonchev–Trinajstić information content (AvgIpc) is 2.35. The second-order valence-electron chi connectivity index (χ2n) is 3.99. The Kier molecular flexibility index (Phi) is 6.53. The first kappa shape index (κ1) is 14.2. The van der Waals surface area contributed by atoms with Crippen molar-refractivity contribution >= 4 is 17.6 Å². The quantitative estimate of drug-likeness (QED) is 0.582. The van der Waals surface area contributed by atoms with Gasteiger partial charge in [-0.3, -0.25) is 4.79 Å². The number of aromatic nitrogens is 2. The maximum atomic E-state index is 10.3. The van der Waals surface area contributed by atoms with Gasteiger partial charge < -0.3 is 15.7 Å². The second-order valence-corrected chi connectivity index (χ2v) is 3.99. The molecule has 18 heavy (non-hydrogen) atoms. The molecule has 0 aliphatic carbocycles. The normalized spacial score (nSPS) is 10.1. The van der Waals surface area contributed by atoms with Gasteiger partial charge in [0.1, 0.15) is 18.0 Å². The molecular weight excluding hydrogens is 232 g/mol. The molecule has 6 heteroatoms. The number of hydrogen-bond acceptors (Lipinski definition) is 5. The second kappa shape index (κ2) is 8.27. The molecule has 0 aliphatic heterocycles. The molecule has 0 atom stereocenters. The first-order chi connectivity index (χ1) is 8.72. The summed E-state index contributed by atoms with van der Waals surface area (Å²) in [5.41, 5.74) is 0. The molecule has 1 aromatic rings. The third-order valence-electron chi connectivity index (χ3n) is 2.38. The summed E-state index contributed by atoms with van der Waals surface area (Å²) in [4.78, 5) is 18.5. The summed E-state index contributed by atoms with van der Waals surface area (Å²) in [5.74, 6) is 0.731. The lowest BCUT2D eigenvalue weighted by Crippen LogP contribution is -2.08. The zero-order valence-electron chi connectivity index (χ0n) is 10.6. The zero-order chi connectivity index (χ0) is 13.2. The smallest absolute Gasteiger partial charge is 0.303 e. The molecule has 0 amide bonds. The van der Waals surface area contributed by atoms with Crippen molar-refractivity contribution in [3.05, 3.63) is 12.4 Å². The van der Waals surface area contributed by atoms with Crippen LogP contribution in [0.25, 0.3) is 0 Å². The van der Waals surface area contributed by atoms with Gasteiger partial charge in [-0.05, 0) is 12.8 Å². The van der Waals surface area contributed by atoms with Gasteiger partial charge in [-0.1, -0.05) is 13.3 Å². The number of nitrogens with zero attached hydrogens (tertiary/aromatic N) is 2. The molecule has 100 valence electrons. The summed E-state index contributed by atoms with van der Waals surface area (Å²) in [6.07, 6.45) is 4.48. The summed E-state index contributed by atoms with van der Waals surface area (Å²) in [5, 5.41) is 14.8. The van der Waals surface area contributed by atoms with E-state index in [1.807, 2.05) is 6.07 Å². The fourth-order valence-electron chi connectivity index (χ4n) is 1.40. The molecule has 0 fully saturated rings. The van der Waals surface area contributed by atoms with Crippen LogP contribution in [0.15, 0.2) is 12.4 Å². The highest BCUT2D eigenvalue weighted by Crippen LogP contribution is 2.08. The van der Waals surface area contributed by atoms with Crippen molar-refractivity contribution in [2.24, 2.45) is 0 Å². The van der Waals surface area contributed by atoms with Crippen LogP contribution in [0.1, 0.15) is 32.6 Å². The van der Waals surface area contributed by atoms with E-state index in [9.17, 15) is 4.79 Å².